The van der Waals surface area contributed by atoms with Crippen LogP contribution in [0.1, 0.15) is 6.92 Å². The van der Waals surface area contributed by atoms with E-state index in [1.165, 1.54) is 0 Å². The van der Waals surface area contributed by atoms with Crippen molar-refractivity contribution in [1.29, 1.82) is 0 Å². The monoisotopic (exact) mass is 165 g/mol. The second-order valence-corrected chi connectivity index (χ2v) is 4.04. The summed E-state index contributed by atoms with van der Waals surface area (Å²) in [5, 5.41) is 2.97. The van der Waals surface area contributed by atoms with E-state index in [4.69, 9.17) is 0 Å². The molecule has 0 rings (SSSR count). The Morgan fingerprint density at radius 2 is 2.22 bits per heavy atom. The van der Waals surface area contributed by atoms with Crippen molar-refractivity contribution in [3.05, 3.63) is 0 Å². The van der Waals surface area contributed by atoms with Gasteiger partial charge in [-0.25, -0.2) is 0 Å². The number of nitrogens with one attached hydrogen (secondary N) is 1. The molecule has 4 heteroatoms. The van der Waals surface area contributed by atoms with Gasteiger partial charge in [0.1, 0.15) is 5.78 Å². The van der Waals surface area contributed by atoms with Crippen LogP contribution in [0.3, 0.4) is 0 Å². The number of rotatable bonds is 5. The minimum atomic E-state index is 0.239. The van der Waals surface area contributed by atoms with Gasteiger partial charge in [0.15, 0.2) is 0 Å². The minimum Gasteiger partial charge on any atom is -0.310 e. The first-order valence-corrected chi connectivity index (χ1v) is 5.14. The Morgan fingerprint density at radius 1 is 1.56 bits per heavy atom. The van der Waals surface area contributed by atoms with Gasteiger partial charge in [-0.2, -0.15) is 0 Å². The van der Waals surface area contributed by atoms with Crippen LogP contribution in [0.2, 0.25) is 0 Å². The van der Waals surface area contributed by atoms with Crippen LogP contribution in [0.4, 0.5) is 0 Å². The molecule has 0 aliphatic rings. The molecule has 0 atom stereocenters. The molecule has 0 unspecified atom stereocenters. The molecule has 0 bridgehead atoms. The van der Waals surface area contributed by atoms with Crippen molar-refractivity contribution in [3.63, 3.8) is 0 Å². The molecule has 1 N–H and O–H groups in total. The minimum absolute atomic E-state index is 0.239. The fraction of sp³-hybridized carbons (Fsp3) is 0.800. The van der Waals surface area contributed by atoms with E-state index in [2.05, 4.69) is 5.32 Å². The number of hydrogen-bond acceptors (Lipinski definition) is 4. The van der Waals surface area contributed by atoms with Gasteiger partial charge in [-0.05, 0) is 14.0 Å². The summed E-state index contributed by atoms with van der Waals surface area (Å²) in [6.45, 7) is 1.60. The molecule has 0 aliphatic heterocycles. The molecule has 2 nitrogen and oxygen atoms in total. The molecule has 0 saturated carbocycles. The Labute approximate surface area is 63.6 Å². The highest BCUT2D eigenvalue weighted by Crippen LogP contribution is 2.18. The van der Waals surface area contributed by atoms with Crippen LogP contribution in [0.25, 0.3) is 0 Å². The van der Waals surface area contributed by atoms with Crippen LogP contribution < -0.4 is 5.32 Å². The van der Waals surface area contributed by atoms with Gasteiger partial charge in [-0.1, -0.05) is 21.6 Å². The SMILES string of the molecule is CNCSSCC(C)=O. The van der Waals surface area contributed by atoms with Gasteiger partial charge >= 0.3 is 0 Å². The van der Waals surface area contributed by atoms with Crippen molar-refractivity contribution < 1.29 is 4.79 Å². The maximum Gasteiger partial charge on any atom is 0.140 e. The highest BCUT2D eigenvalue weighted by molar-refractivity contribution is 8.76. The van der Waals surface area contributed by atoms with Gasteiger partial charge in [0, 0.05) is 0 Å². The summed E-state index contributed by atoms with van der Waals surface area (Å²) < 4.78 is 0. The summed E-state index contributed by atoms with van der Waals surface area (Å²) in [7, 11) is 5.15. The second-order valence-electron chi connectivity index (χ2n) is 1.58. The maximum atomic E-state index is 10.4. The van der Waals surface area contributed by atoms with Crippen LogP contribution in [-0.4, -0.2) is 24.5 Å². The lowest BCUT2D eigenvalue weighted by Crippen LogP contribution is -2.02. The first-order chi connectivity index (χ1) is 4.27. The normalized spacial score (nSPS) is 9.56. The summed E-state index contributed by atoms with van der Waals surface area (Å²) in [4.78, 5) is 10.4. The molecule has 0 saturated heterocycles. The van der Waals surface area contributed by atoms with Crippen LogP contribution >= 0.6 is 21.6 Å². The second kappa shape index (κ2) is 6.45. The molecule has 0 aromatic heterocycles. The van der Waals surface area contributed by atoms with Gasteiger partial charge in [-0.3, -0.25) is 4.79 Å². The Bertz CT molecular complexity index is 87.0. The number of carbonyl (C=O) groups excluding carboxylic acids is 1. The molecule has 0 heterocycles. The number of hydrogen-bond donors (Lipinski definition) is 1. The van der Waals surface area contributed by atoms with E-state index in [1.54, 1.807) is 28.5 Å². The number of carbonyl (C=O) groups is 1. The lowest BCUT2D eigenvalue weighted by molar-refractivity contribution is -0.114. The molecular weight excluding hydrogens is 154 g/mol. The zero-order valence-corrected chi connectivity index (χ0v) is 7.27. The van der Waals surface area contributed by atoms with E-state index in [1.807, 2.05) is 7.05 Å². The van der Waals surface area contributed by atoms with Crippen LogP contribution in [0, 0.1) is 0 Å². The third-order valence-electron chi connectivity index (χ3n) is 0.549. The van der Waals surface area contributed by atoms with Crippen molar-refractivity contribution in [3.8, 4) is 0 Å². The molecule has 54 valence electrons. The largest absolute Gasteiger partial charge is 0.310 e. The van der Waals surface area contributed by atoms with Gasteiger partial charge in [0.25, 0.3) is 0 Å². The van der Waals surface area contributed by atoms with E-state index < -0.39 is 0 Å². The third-order valence-corrected chi connectivity index (χ3v) is 2.85. The van der Waals surface area contributed by atoms with Gasteiger partial charge in [0.05, 0.1) is 11.6 Å². The average Bonchev–Trinajstić information content (AvgIpc) is 1.80. The lowest BCUT2D eigenvalue weighted by Gasteiger charge is -1.94. The highest BCUT2D eigenvalue weighted by atomic mass is 33.1. The molecule has 0 aromatic rings. The van der Waals surface area contributed by atoms with Crippen molar-refractivity contribution in [2.24, 2.45) is 0 Å². The summed E-state index contributed by atoms with van der Waals surface area (Å²) in [6, 6.07) is 0. The first-order valence-electron chi connectivity index (χ1n) is 2.66. The standard InChI is InChI=1S/C5H11NOS2/c1-5(7)3-8-9-4-6-2/h6H,3-4H2,1-2H3. The van der Waals surface area contributed by atoms with Crippen LogP contribution in [0.5, 0.6) is 0 Å². The topological polar surface area (TPSA) is 29.1 Å². The Morgan fingerprint density at radius 3 is 2.67 bits per heavy atom. The van der Waals surface area contributed by atoms with Crippen molar-refractivity contribution in [1.82, 2.24) is 5.32 Å². The molecule has 0 radical (unpaired) electrons. The quantitative estimate of drug-likeness (QED) is 0.376. The average molecular weight is 165 g/mol. The van der Waals surface area contributed by atoms with Gasteiger partial charge in [0.2, 0.25) is 0 Å². The zero-order valence-electron chi connectivity index (χ0n) is 5.64. The summed E-state index contributed by atoms with van der Waals surface area (Å²) in [5.74, 6) is 1.76. The first kappa shape index (κ1) is 9.33. The zero-order chi connectivity index (χ0) is 7.11. The summed E-state index contributed by atoms with van der Waals surface area (Å²) in [6.07, 6.45) is 0. The fourth-order valence-corrected chi connectivity index (χ4v) is 2.03. The van der Waals surface area contributed by atoms with Gasteiger partial charge < -0.3 is 5.32 Å². The van der Waals surface area contributed by atoms with E-state index in [9.17, 15) is 4.79 Å². The predicted octanol–water partition coefficient (Wildman–Crippen LogP) is 1.13. The van der Waals surface area contributed by atoms with E-state index in [0.717, 1.165) is 5.88 Å². The van der Waals surface area contributed by atoms with Crippen molar-refractivity contribution in [2.45, 2.75) is 6.92 Å². The number of Topliss-reactive ketones (excluding diaryl/α,β-unsaturated/α-hetero) is 1. The van der Waals surface area contributed by atoms with E-state index >= 15 is 0 Å². The van der Waals surface area contributed by atoms with Crippen LogP contribution in [-0.2, 0) is 4.79 Å². The van der Waals surface area contributed by atoms with E-state index in [-0.39, 0.29) is 5.78 Å². The molecule has 0 aliphatic carbocycles. The lowest BCUT2D eigenvalue weighted by atomic mass is 10.5. The fourth-order valence-electron chi connectivity index (χ4n) is 0.225. The smallest absolute Gasteiger partial charge is 0.140 e. The van der Waals surface area contributed by atoms with Gasteiger partial charge in [-0.15, -0.1) is 0 Å². The van der Waals surface area contributed by atoms with Crippen molar-refractivity contribution >= 4 is 27.4 Å². The Hall–Kier alpha value is 0.330. The molecular formula is C5H11NOS2. The maximum absolute atomic E-state index is 10.4. The predicted molar refractivity (Wildman–Crippen MR) is 44.7 cm³/mol. The summed E-state index contributed by atoms with van der Waals surface area (Å²) >= 11 is 0. The van der Waals surface area contributed by atoms with Crippen LogP contribution in [0.15, 0.2) is 0 Å². The summed E-state index contributed by atoms with van der Waals surface area (Å²) in [5.41, 5.74) is 0. The molecule has 9 heavy (non-hydrogen) atoms. The Kier molecular flexibility index (Phi) is 6.69. The molecule has 0 spiro atoms. The molecule has 0 fully saturated rings. The third kappa shape index (κ3) is 8.33. The molecule has 0 amide bonds. The Balaban J connectivity index is 2.83. The number of ketones is 1. The van der Waals surface area contributed by atoms with Crippen molar-refractivity contribution in [2.75, 3.05) is 18.7 Å². The molecule has 0 aromatic carbocycles. The highest BCUT2D eigenvalue weighted by Gasteiger charge is 1.91. The van der Waals surface area contributed by atoms with E-state index in [0.29, 0.717) is 5.75 Å².